The minimum atomic E-state index is -4.47. The summed E-state index contributed by atoms with van der Waals surface area (Å²) in [5.41, 5.74) is -0.527. The van der Waals surface area contributed by atoms with Crippen LogP contribution in [0.4, 0.5) is 13.2 Å². The Balaban J connectivity index is 2.73. The number of carbonyl (C=O) groups is 1. The molecule has 90 valence electrons. The van der Waals surface area contributed by atoms with Crippen molar-refractivity contribution in [1.29, 1.82) is 0 Å². The number of aromatic amines is 1. The highest BCUT2D eigenvalue weighted by atomic mass is 19.4. The number of hydrogen-bond donors (Lipinski definition) is 1. The Morgan fingerprint density at radius 3 is 2.59 bits per heavy atom. The second-order valence-electron chi connectivity index (χ2n) is 3.44. The van der Waals surface area contributed by atoms with Gasteiger partial charge in [0.2, 0.25) is 0 Å². The van der Waals surface area contributed by atoms with Gasteiger partial charge in [-0.3, -0.25) is 4.79 Å². The monoisotopic (exact) mass is 243 g/mol. The molecule has 0 amide bonds. The summed E-state index contributed by atoms with van der Waals surface area (Å²) in [5, 5.41) is 0.201. The second-order valence-corrected chi connectivity index (χ2v) is 3.44. The third-order valence-electron chi connectivity index (χ3n) is 2.45. The van der Waals surface area contributed by atoms with Gasteiger partial charge in [0, 0.05) is 10.9 Å². The van der Waals surface area contributed by atoms with Crippen molar-refractivity contribution < 1.29 is 22.7 Å². The van der Waals surface area contributed by atoms with E-state index in [4.69, 9.17) is 4.74 Å². The maximum Gasteiger partial charge on any atom is 0.431 e. The van der Waals surface area contributed by atoms with E-state index in [0.29, 0.717) is 6.29 Å². The maximum absolute atomic E-state index is 12.5. The number of halogens is 3. The fourth-order valence-corrected chi connectivity index (χ4v) is 1.66. The van der Waals surface area contributed by atoms with Crippen LogP contribution in [-0.4, -0.2) is 18.4 Å². The Bertz CT molecular complexity index is 572. The number of hydrogen-bond acceptors (Lipinski definition) is 2. The summed E-state index contributed by atoms with van der Waals surface area (Å²) in [7, 11) is 1.35. The zero-order chi connectivity index (χ0) is 12.6. The Morgan fingerprint density at radius 1 is 1.35 bits per heavy atom. The average Bonchev–Trinajstić information content (AvgIpc) is 2.70. The predicted octanol–water partition coefficient (Wildman–Crippen LogP) is 3.01. The van der Waals surface area contributed by atoms with Gasteiger partial charge in [-0.2, -0.15) is 13.2 Å². The van der Waals surface area contributed by atoms with Gasteiger partial charge in [-0.25, -0.2) is 0 Å². The van der Waals surface area contributed by atoms with Crippen molar-refractivity contribution in [2.75, 3.05) is 7.11 Å². The molecule has 3 nitrogen and oxygen atoms in total. The molecule has 0 spiro atoms. The lowest BCUT2D eigenvalue weighted by atomic mass is 10.1. The van der Waals surface area contributed by atoms with E-state index >= 15 is 0 Å². The first-order chi connectivity index (χ1) is 7.97. The molecule has 0 atom stereocenters. The molecule has 0 aliphatic carbocycles. The fourth-order valence-electron chi connectivity index (χ4n) is 1.66. The second kappa shape index (κ2) is 3.80. The average molecular weight is 243 g/mol. The van der Waals surface area contributed by atoms with E-state index < -0.39 is 11.9 Å². The molecule has 2 aromatic rings. The minimum absolute atomic E-state index is 0.108. The van der Waals surface area contributed by atoms with Crippen LogP contribution in [0.2, 0.25) is 0 Å². The van der Waals surface area contributed by atoms with Gasteiger partial charge in [0.15, 0.2) is 6.29 Å². The number of nitrogens with one attached hydrogen (secondary N) is 1. The summed E-state index contributed by atoms with van der Waals surface area (Å²) in [6, 6.07) is 3.79. The number of carbonyl (C=O) groups excluding carboxylic acids is 1. The zero-order valence-electron chi connectivity index (χ0n) is 8.76. The van der Waals surface area contributed by atoms with E-state index in [-0.39, 0.29) is 22.2 Å². The molecule has 0 fully saturated rings. The molecule has 2 rings (SSSR count). The van der Waals surface area contributed by atoms with Crippen molar-refractivity contribution in [2.24, 2.45) is 0 Å². The SMILES string of the molecule is COc1ccc2[nH]c(C(F)(F)F)cc2c1C=O. The Morgan fingerprint density at radius 2 is 2.06 bits per heavy atom. The molecule has 17 heavy (non-hydrogen) atoms. The number of rotatable bonds is 2. The lowest BCUT2D eigenvalue weighted by molar-refractivity contribution is -0.140. The molecule has 1 N–H and O–H groups in total. The quantitative estimate of drug-likeness (QED) is 0.824. The predicted molar refractivity (Wildman–Crippen MR) is 55.2 cm³/mol. The number of benzene rings is 1. The first kappa shape index (κ1) is 11.5. The van der Waals surface area contributed by atoms with Crippen molar-refractivity contribution in [3.8, 4) is 5.75 Å². The highest BCUT2D eigenvalue weighted by Crippen LogP contribution is 2.34. The molecular weight excluding hydrogens is 235 g/mol. The van der Waals surface area contributed by atoms with Gasteiger partial charge in [-0.05, 0) is 18.2 Å². The number of methoxy groups -OCH3 is 1. The van der Waals surface area contributed by atoms with Crippen LogP contribution >= 0.6 is 0 Å². The lowest BCUT2D eigenvalue weighted by Gasteiger charge is -2.03. The number of aldehydes is 1. The van der Waals surface area contributed by atoms with Crippen LogP contribution in [0.1, 0.15) is 16.1 Å². The van der Waals surface area contributed by atoms with Crippen molar-refractivity contribution >= 4 is 17.2 Å². The standard InChI is InChI=1S/C11H8F3NO2/c1-17-9-3-2-8-6(7(9)5-16)4-10(15-8)11(12,13)14/h2-5,15H,1H3. The summed E-state index contributed by atoms with van der Waals surface area (Å²) < 4.78 is 42.4. The van der Waals surface area contributed by atoms with Crippen molar-refractivity contribution in [3.05, 3.63) is 29.5 Å². The van der Waals surface area contributed by atoms with Crippen LogP contribution in [0, 0.1) is 0 Å². The molecule has 1 aromatic carbocycles. The Hall–Kier alpha value is -1.98. The summed E-state index contributed by atoms with van der Waals surface area (Å²) >= 11 is 0. The molecule has 0 unspecified atom stereocenters. The normalized spacial score (nSPS) is 11.8. The summed E-state index contributed by atoms with van der Waals surface area (Å²) in [6.07, 6.45) is -3.98. The molecule has 0 radical (unpaired) electrons. The van der Waals surface area contributed by atoms with Crippen LogP contribution in [-0.2, 0) is 6.18 Å². The summed E-state index contributed by atoms with van der Waals surface area (Å²) in [4.78, 5) is 13.1. The van der Waals surface area contributed by atoms with Crippen LogP contribution in [0.3, 0.4) is 0 Å². The molecule has 0 saturated carbocycles. The molecule has 6 heteroatoms. The van der Waals surface area contributed by atoms with Gasteiger partial charge in [0.1, 0.15) is 11.4 Å². The van der Waals surface area contributed by atoms with Gasteiger partial charge in [-0.1, -0.05) is 0 Å². The topological polar surface area (TPSA) is 42.1 Å². The van der Waals surface area contributed by atoms with E-state index in [2.05, 4.69) is 4.98 Å². The molecule has 0 aliphatic rings. The number of aromatic nitrogens is 1. The van der Waals surface area contributed by atoms with E-state index in [9.17, 15) is 18.0 Å². The number of ether oxygens (including phenoxy) is 1. The highest BCUT2D eigenvalue weighted by molar-refractivity contribution is 6.00. The Labute approximate surface area is 94.2 Å². The van der Waals surface area contributed by atoms with E-state index in [0.717, 1.165) is 6.07 Å². The van der Waals surface area contributed by atoms with Gasteiger partial charge in [0.25, 0.3) is 0 Å². The highest BCUT2D eigenvalue weighted by Gasteiger charge is 2.33. The minimum Gasteiger partial charge on any atom is -0.496 e. The number of H-pyrrole nitrogens is 1. The third-order valence-corrected chi connectivity index (χ3v) is 2.45. The zero-order valence-corrected chi connectivity index (χ0v) is 8.76. The van der Waals surface area contributed by atoms with E-state index in [1.165, 1.54) is 19.2 Å². The molecule has 1 aromatic heterocycles. The summed E-state index contributed by atoms with van der Waals surface area (Å²) in [5.74, 6) is 0.250. The van der Waals surface area contributed by atoms with Crippen LogP contribution in [0.5, 0.6) is 5.75 Å². The van der Waals surface area contributed by atoms with Gasteiger partial charge in [0.05, 0.1) is 12.7 Å². The van der Waals surface area contributed by atoms with Crippen LogP contribution in [0.15, 0.2) is 18.2 Å². The molecule has 1 heterocycles. The van der Waals surface area contributed by atoms with Gasteiger partial charge in [-0.15, -0.1) is 0 Å². The van der Waals surface area contributed by atoms with Crippen LogP contribution < -0.4 is 4.74 Å². The van der Waals surface area contributed by atoms with Gasteiger partial charge >= 0.3 is 6.18 Å². The van der Waals surface area contributed by atoms with E-state index in [1.807, 2.05) is 0 Å². The van der Waals surface area contributed by atoms with E-state index in [1.54, 1.807) is 0 Å². The largest absolute Gasteiger partial charge is 0.496 e. The summed E-state index contributed by atoms with van der Waals surface area (Å²) in [6.45, 7) is 0. The number of alkyl halides is 3. The van der Waals surface area contributed by atoms with Crippen LogP contribution in [0.25, 0.3) is 10.9 Å². The van der Waals surface area contributed by atoms with Gasteiger partial charge < -0.3 is 9.72 Å². The third kappa shape index (κ3) is 1.86. The fraction of sp³-hybridized carbons (Fsp3) is 0.182. The first-order valence-electron chi connectivity index (χ1n) is 4.69. The van der Waals surface area contributed by atoms with Crippen molar-refractivity contribution in [3.63, 3.8) is 0 Å². The molecule has 0 aliphatic heterocycles. The molecular formula is C11H8F3NO2. The Kier molecular flexibility index (Phi) is 2.57. The maximum atomic E-state index is 12.5. The first-order valence-corrected chi connectivity index (χ1v) is 4.69. The smallest absolute Gasteiger partial charge is 0.431 e. The molecule has 0 saturated heterocycles. The van der Waals surface area contributed by atoms with Crippen molar-refractivity contribution in [1.82, 2.24) is 4.98 Å². The molecule has 0 bridgehead atoms. The lowest BCUT2D eigenvalue weighted by Crippen LogP contribution is -2.04. The number of fused-ring (bicyclic) bond motifs is 1. The van der Waals surface area contributed by atoms with Crippen molar-refractivity contribution in [2.45, 2.75) is 6.18 Å².